The fourth-order valence-corrected chi connectivity index (χ4v) is 14.1. The summed E-state index contributed by atoms with van der Waals surface area (Å²) in [5, 5.41) is 48.9. The predicted molar refractivity (Wildman–Crippen MR) is 399 cm³/mol. The van der Waals surface area contributed by atoms with Crippen molar-refractivity contribution < 1.29 is 86.6 Å². The van der Waals surface area contributed by atoms with E-state index in [0.717, 1.165) is 17.7 Å². The van der Waals surface area contributed by atoms with E-state index in [9.17, 15) is 53.7 Å². The number of hydrogen-bond acceptors (Lipinski definition) is 22. The number of primary amides is 1. The van der Waals surface area contributed by atoms with Gasteiger partial charge >= 0.3 is 17.8 Å². The fraction of sp³-hybridized carbons (Fsp3) is 0.500. The van der Waals surface area contributed by atoms with E-state index in [1.54, 1.807) is 90.1 Å². The molecule has 29 nitrogen and oxygen atoms in total. The number of ether oxygens (including phenoxy) is 5. The van der Waals surface area contributed by atoms with E-state index in [1.807, 2.05) is 14.1 Å². The third kappa shape index (κ3) is 18.6. The molecule has 0 radical (unpaired) electrons. The summed E-state index contributed by atoms with van der Waals surface area (Å²) in [4.78, 5) is 146. The van der Waals surface area contributed by atoms with Crippen LogP contribution < -0.4 is 52.1 Å². The summed E-state index contributed by atoms with van der Waals surface area (Å²) in [6.07, 6.45) is 9.02. The van der Waals surface area contributed by atoms with Gasteiger partial charge in [0.1, 0.15) is 53.2 Å². The number of fused-ring (bicyclic) bond motifs is 2. The molecular weight excluding hydrogens is 1380 g/mol. The van der Waals surface area contributed by atoms with Crippen molar-refractivity contribution in [3.63, 3.8) is 0 Å². The lowest BCUT2D eigenvalue weighted by Gasteiger charge is -2.38. The zero-order chi connectivity index (χ0) is 78.0. The summed E-state index contributed by atoms with van der Waals surface area (Å²) in [5.74, 6) is -10.8. The van der Waals surface area contributed by atoms with Crippen LogP contribution in [0.5, 0.6) is 17.2 Å². The molecule has 1 fully saturated rings. The van der Waals surface area contributed by atoms with Gasteiger partial charge in [-0.1, -0.05) is 78.3 Å². The van der Waals surface area contributed by atoms with E-state index in [1.165, 1.54) is 65.4 Å². The Morgan fingerprint density at radius 2 is 1.56 bits per heavy atom. The SMILES string of the molecule is CO[C@H]1/C=C/O[C@@]2(C)Oc3c(C)c(O)c4c(=O)c(c5oc6cc(N7CCC(N(C)C)CC7)cc(OCc7ccc(NC(=O)[C@H](CCCNC(N)=O)NC(=O)C(NC(=O)CCCCCN8C(=O)C=CC8=O)C(C)C)cc7)c6nc-5c4c3C2=O)NC(=O)/C(C)=C\C=C\[C@H](C)[C@H](O)[C@@H](C)[C@@H](O)[C@@H](C)[C@H](OC(C)=O)[C@@H]1C. The van der Waals surface area contributed by atoms with E-state index in [-0.39, 0.29) is 107 Å². The van der Waals surface area contributed by atoms with Crippen molar-refractivity contribution in [3.8, 4) is 28.7 Å². The summed E-state index contributed by atoms with van der Waals surface area (Å²) in [7, 11) is 5.48. The smallest absolute Gasteiger partial charge is 0.312 e. The lowest BCUT2D eigenvalue weighted by molar-refractivity contribution is -0.160. The number of aromatic hydroxyl groups is 1. The number of allylic oxidation sites excluding steroid dienone is 2. The minimum Gasteiger partial charge on any atom is -0.507 e. The van der Waals surface area contributed by atoms with Crippen molar-refractivity contribution >= 4 is 92.2 Å². The number of aliphatic hydroxyl groups is 2. The van der Waals surface area contributed by atoms with Gasteiger partial charge < -0.3 is 85.5 Å². The second-order valence-corrected chi connectivity index (χ2v) is 28.9. The van der Waals surface area contributed by atoms with Gasteiger partial charge in [0.2, 0.25) is 23.2 Å². The highest BCUT2D eigenvalue weighted by Gasteiger charge is 2.50. The van der Waals surface area contributed by atoms with Gasteiger partial charge in [0.15, 0.2) is 17.1 Å². The molecule has 0 spiro atoms. The number of hydrogen-bond donors (Lipinski definition) is 9. The predicted octanol–water partition coefficient (Wildman–Crippen LogP) is 7.56. The van der Waals surface area contributed by atoms with Gasteiger partial charge in [0.25, 0.3) is 23.5 Å². The number of ketones is 1. The Morgan fingerprint density at radius 3 is 2.21 bits per heavy atom. The minimum absolute atomic E-state index is 0.0221. The molecule has 1 saturated heterocycles. The number of aromatic nitrogens is 1. The average Bonchev–Trinajstić information content (AvgIpc) is 1.65. The van der Waals surface area contributed by atoms with Crippen molar-refractivity contribution in [1.29, 1.82) is 0 Å². The van der Waals surface area contributed by atoms with Crippen molar-refractivity contribution in [2.45, 2.75) is 176 Å². The number of aliphatic hydroxyl groups excluding tert-OH is 2. The number of esters is 1. The highest BCUT2D eigenvalue weighted by Crippen LogP contribution is 2.51. The van der Waals surface area contributed by atoms with Crippen LogP contribution in [0.4, 0.5) is 21.9 Å². The molecule has 9 rings (SSSR count). The number of Topliss-reactive ketones (excluding diaryl/α,β-unsaturated/α-hetero) is 1. The Morgan fingerprint density at radius 1 is 0.869 bits per heavy atom. The molecule has 6 aliphatic rings. The molecule has 3 aromatic rings. The van der Waals surface area contributed by atoms with Gasteiger partial charge in [0.05, 0.1) is 35.5 Å². The van der Waals surface area contributed by atoms with Crippen LogP contribution in [0.1, 0.15) is 135 Å². The molecule has 0 saturated carbocycles. The molecule has 11 atom stereocenters. The summed E-state index contributed by atoms with van der Waals surface area (Å²) in [5.41, 5.74) is 5.45. The van der Waals surface area contributed by atoms with Crippen LogP contribution in [-0.4, -0.2) is 179 Å². The van der Waals surface area contributed by atoms with Crippen LogP contribution in [0.2, 0.25) is 0 Å². The van der Waals surface area contributed by atoms with Gasteiger partial charge in [-0.3, -0.25) is 48.1 Å². The normalized spacial score (nSPS) is 24.1. The number of nitrogens with two attached hydrogens (primary N) is 1. The Labute approximate surface area is 621 Å². The molecule has 5 aliphatic heterocycles. The second kappa shape index (κ2) is 35.0. The lowest BCUT2D eigenvalue weighted by atomic mass is 9.78. The minimum atomic E-state index is -2.18. The zero-order valence-corrected chi connectivity index (χ0v) is 62.9. The maximum absolute atomic E-state index is 15.5. The quantitative estimate of drug-likeness (QED) is 0.0100. The molecule has 1 unspecified atom stereocenters. The monoisotopic (exact) mass is 1480 g/mol. The number of benzene rings is 4. The van der Waals surface area contributed by atoms with E-state index < -0.39 is 136 Å². The molecule has 3 aromatic carbocycles. The summed E-state index contributed by atoms with van der Waals surface area (Å²) in [6.45, 7) is 17.3. The molecule has 4 bridgehead atoms. The molecular formula is C78H100N10O19. The first-order chi connectivity index (χ1) is 50.7. The number of methoxy groups -OCH3 is 1. The molecule has 576 valence electrons. The third-order valence-electron chi connectivity index (χ3n) is 20.6. The first-order valence-corrected chi connectivity index (χ1v) is 36.3. The fourth-order valence-electron chi connectivity index (χ4n) is 14.1. The number of rotatable bonds is 23. The standard InChI is InChI=1S/C78H100N10O19/c1-40(2)62(83-56(90)22-15-14-16-33-88-57(91)27-28-58(88)92)76(100)82-52(21-18-32-80-77(79)101)75(99)81-49-25-23-48(24-26-49)39-103-54-37-51(87-34-29-50(30-35-87)86(11)12)38-55-63(54)84-64-59-60-68(95)46(8)71-61(59)73(97)78(10,107-71)104-36-31-53(102-13)43(5)70(105-47(9)89)45(7)67(94)44(6)66(93)41(3)19-17-20-42(4)74(98)85-65(69(60)96)72(64)106-55/h17,19-20,23-28,31,36-38,40-41,43-45,50,52-53,62,66-67,70,93-95H,14-16,18,21-22,29-30,32-35,39H2,1-13H3,(H,81,99)(H,82,100)(H,83,90)(H,85,98)(H3,79,80,101)/b19-17+,36-31+,42-20-/t41-,43+,44+,45+,52-,53-,62?,66-,67+,70+,78-/m0/s1. The number of nitrogens with zero attached hydrogens (tertiary/aromatic N) is 4. The Bertz CT molecular complexity index is 4330. The number of phenolic OH excluding ortho intramolecular Hbond substituents is 1. The van der Waals surface area contributed by atoms with Crippen molar-refractivity contribution in [2.75, 3.05) is 62.9 Å². The first-order valence-electron chi connectivity index (χ1n) is 36.3. The molecule has 1 aliphatic carbocycles. The van der Waals surface area contributed by atoms with Crippen molar-refractivity contribution in [3.05, 3.63) is 112 Å². The largest absolute Gasteiger partial charge is 0.507 e. The number of carbonyl (C=O) groups is 9. The van der Waals surface area contributed by atoms with Gasteiger partial charge in [-0.25, -0.2) is 9.78 Å². The third-order valence-corrected chi connectivity index (χ3v) is 20.6. The Balaban J connectivity index is 1.07. The number of imide groups is 1. The van der Waals surface area contributed by atoms with Crippen LogP contribution in [0.15, 0.2) is 93.9 Å². The highest BCUT2D eigenvalue weighted by atomic mass is 16.7. The van der Waals surface area contributed by atoms with E-state index in [0.29, 0.717) is 55.3 Å². The second-order valence-electron chi connectivity index (χ2n) is 28.9. The number of urea groups is 1. The molecule has 107 heavy (non-hydrogen) atoms. The zero-order valence-electron chi connectivity index (χ0n) is 62.9. The lowest BCUT2D eigenvalue weighted by Crippen LogP contribution is -2.54. The van der Waals surface area contributed by atoms with E-state index in [4.69, 9.17) is 38.8 Å². The maximum Gasteiger partial charge on any atom is 0.312 e. The van der Waals surface area contributed by atoms with Gasteiger partial charge in [-0.15, -0.1) is 0 Å². The Hall–Kier alpha value is -10.2. The van der Waals surface area contributed by atoms with Crippen LogP contribution in [0.3, 0.4) is 0 Å². The maximum atomic E-state index is 15.5. The number of piperidine rings is 1. The van der Waals surface area contributed by atoms with Crippen LogP contribution in [-0.2, 0) is 54.4 Å². The van der Waals surface area contributed by atoms with Crippen LogP contribution >= 0.6 is 0 Å². The van der Waals surface area contributed by atoms with Crippen LogP contribution in [0, 0.1) is 36.5 Å². The van der Waals surface area contributed by atoms with Gasteiger partial charge in [-0.05, 0) is 96.2 Å². The van der Waals surface area contributed by atoms with Crippen LogP contribution in [0.25, 0.3) is 33.3 Å². The molecule has 5 heterocycles. The van der Waals surface area contributed by atoms with E-state index >= 15 is 9.59 Å². The summed E-state index contributed by atoms with van der Waals surface area (Å²) >= 11 is 0. The number of phenols is 1. The first kappa shape index (κ1) is 80.9. The number of nitrogens with one attached hydrogen (secondary N) is 5. The molecule has 10 N–H and O–H groups in total. The van der Waals surface area contributed by atoms with Gasteiger partial charge in [0, 0.05) is 135 Å². The van der Waals surface area contributed by atoms with Gasteiger partial charge in [-0.2, -0.15) is 0 Å². The highest BCUT2D eigenvalue weighted by molar-refractivity contribution is 6.22. The number of unbranched alkanes of at least 4 members (excludes halogenated alkanes) is 2. The van der Waals surface area contributed by atoms with Crippen molar-refractivity contribution in [2.24, 2.45) is 35.3 Å². The number of carbonyl (C=O) groups excluding carboxylic acids is 9. The Kier molecular flexibility index (Phi) is 26.4. The topological polar surface area (TPSA) is 399 Å². The molecule has 0 aromatic heterocycles. The average molecular weight is 1480 g/mol. The summed E-state index contributed by atoms with van der Waals surface area (Å²) in [6, 6.07) is 7.58. The number of amides is 8. The van der Waals surface area contributed by atoms with E-state index in [2.05, 4.69) is 36.4 Å². The van der Waals surface area contributed by atoms with Crippen molar-refractivity contribution in [1.82, 2.24) is 30.7 Å². The molecule has 8 amide bonds. The summed E-state index contributed by atoms with van der Waals surface area (Å²) < 4.78 is 38.0. The number of anilines is 3. The molecule has 29 heteroatoms.